The molecular formula is C14H22N2OS. The van der Waals surface area contributed by atoms with E-state index in [2.05, 4.69) is 31.1 Å². The minimum absolute atomic E-state index is 0.105. The standard InChI is InChI=1S/C14H22N2OS/c1-14(2,3)11-10-18-12(15-11)6-7-13(17)16-8-4-5-9-16/h10H,4-9H2,1-3H3. The lowest BCUT2D eigenvalue weighted by molar-refractivity contribution is -0.130. The van der Waals surface area contributed by atoms with Gasteiger partial charge in [-0.1, -0.05) is 20.8 Å². The number of carbonyl (C=O) groups is 1. The summed E-state index contributed by atoms with van der Waals surface area (Å²) in [5, 5.41) is 3.21. The zero-order valence-electron chi connectivity index (χ0n) is 11.5. The molecule has 0 aliphatic carbocycles. The molecule has 0 unspecified atom stereocenters. The van der Waals surface area contributed by atoms with E-state index in [0.29, 0.717) is 12.3 Å². The summed E-state index contributed by atoms with van der Waals surface area (Å²) >= 11 is 1.68. The van der Waals surface area contributed by atoms with Crippen molar-refractivity contribution in [3.05, 3.63) is 16.1 Å². The van der Waals surface area contributed by atoms with E-state index in [1.165, 1.54) is 0 Å². The maximum atomic E-state index is 11.9. The summed E-state index contributed by atoms with van der Waals surface area (Å²) in [6.07, 6.45) is 3.72. The number of amides is 1. The first-order valence-electron chi connectivity index (χ1n) is 6.69. The number of aromatic nitrogens is 1. The molecule has 1 saturated heterocycles. The molecule has 4 heteroatoms. The monoisotopic (exact) mass is 266 g/mol. The summed E-state index contributed by atoms with van der Waals surface area (Å²) in [6, 6.07) is 0. The predicted octanol–water partition coefficient (Wildman–Crippen LogP) is 3.00. The third kappa shape index (κ3) is 3.31. The predicted molar refractivity (Wildman–Crippen MR) is 74.9 cm³/mol. The molecule has 100 valence electrons. The topological polar surface area (TPSA) is 33.2 Å². The molecule has 0 bridgehead atoms. The van der Waals surface area contributed by atoms with Crippen LogP contribution >= 0.6 is 11.3 Å². The van der Waals surface area contributed by atoms with Crippen LogP contribution in [0.15, 0.2) is 5.38 Å². The van der Waals surface area contributed by atoms with Gasteiger partial charge in [0.25, 0.3) is 0 Å². The van der Waals surface area contributed by atoms with Gasteiger partial charge in [0.1, 0.15) is 0 Å². The minimum Gasteiger partial charge on any atom is -0.343 e. The highest BCUT2D eigenvalue weighted by Crippen LogP contribution is 2.24. The van der Waals surface area contributed by atoms with Crippen molar-refractivity contribution in [1.82, 2.24) is 9.88 Å². The van der Waals surface area contributed by atoms with Gasteiger partial charge < -0.3 is 4.90 Å². The van der Waals surface area contributed by atoms with Crippen molar-refractivity contribution in [3.63, 3.8) is 0 Å². The van der Waals surface area contributed by atoms with Crippen LogP contribution in [0.25, 0.3) is 0 Å². The third-order valence-corrected chi connectivity index (χ3v) is 4.24. The van der Waals surface area contributed by atoms with Gasteiger partial charge in [0, 0.05) is 36.7 Å². The number of hydrogen-bond acceptors (Lipinski definition) is 3. The fraction of sp³-hybridized carbons (Fsp3) is 0.714. The van der Waals surface area contributed by atoms with Crippen LogP contribution in [0.1, 0.15) is 50.7 Å². The first-order chi connectivity index (χ1) is 8.47. The minimum atomic E-state index is 0.105. The van der Waals surface area contributed by atoms with Gasteiger partial charge in [-0.15, -0.1) is 11.3 Å². The van der Waals surface area contributed by atoms with Crippen molar-refractivity contribution in [2.45, 2.75) is 51.9 Å². The van der Waals surface area contributed by atoms with Gasteiger partial charge in [0.05, 0.1) is 10.7 Å². The highest BCUT2D eigenvalue weighted by molar-refractivity contribution is 7.09. The van der Waals surface area contributed by atoms with Crippen LogP contribution in [0.3, 0.4) is 0 Å². The number of carbonyl (C=O) groups excluding carboxylic acids is 1. The van der Waals surface area contributed by atoms with Crippen molar-refractivity contribution in [2.75, 3.05) is 13.1 Å². The van der Waals surface area contributed by atoms with E-state index in [9.17, 15) is 4.79 Å². The second kappa shape index (κ2) is 5.39. The molecule has 3 nitrogen and oxygen atoms in total. The van der Waals surface area contributed by atoms with E-state index >= 15 is 0 Å². The number of nitrogens with zero attached hydrogens (tertiary/aromatic N) is 2. The maximum absolute atomic E-state index is 11.9. The van der Waals surface area contributed by atoms with Gasteiger partial charge in [-0.2, -0.15) is 0 Å². The van der Waals surface area contributed by atoms with Crippen molar-refractivity contribution in [1.29, 1.82) is 0 Å². The second-order valence-corrected chi connectivity index (χ2v) is 6.91. The summed E-state index contributed by atoms with van der Waals surface area (Å²) < 4.78 is 0. The highest BCUT2D eigenvalue weighted by Gasteiger charge is 2.20. The van der Waals surface area contributed by atoms with E-state index < -0.39 is 0 Å². The number of likely N-dealkylation sites (tertiary alicyclic amines) is 1. The molecule has 1 aromatic heterocycles. The molecule has 1 amide bonds. The van der Waals surface area contributed by atoms with Crippen LogP contribution in [-0.4, -0.2) is 28.9 Å². The largest absolute Gasteiger partial charge is 0.343 e. The molecule has 1 aromatic rings. The van der Waals surface area contributed by atoms with E-state index in [1.807, 2.05) is 4.90 Å². The first kappa shape index (κ1) is 13.5. The zero-order valence-corrected chi connectivity index (χ0v) is 12.3. The lowest BCUT2D eigenvalue weighted by Crippen LogP contribution is -2.27. The molecule has 0 spiro atoms. The summed E-state index contributed by atoms with van der Waals surface area (Å²) in [4.78, 5) is 18.5. The van der Waals surface area contributed by atoms with Gasteiger partial charge in [-0.25, -0.2) is 4.98 Å². The Hall–Kier alpha value is -0.900. The zero-order chi connectivity index (χ0) is 13.2. The van der Waals surface area contributed by atoms with Crippen LogP contribution in [0.4, 0.5) is 0 Å². The molecule has 0 radical (unpaired) electrons. The third-order valence-electron chi connectivity index (χ3n) is 3.33. The average molecular weight is 266 g/mol. The summed E-state index contributed by atoms with van der Waals surface area (Å²) in [5.74, 6) is 0.292. The van der Waals surface area contributed by atoms with Crippen LogP contribution in [0.5, 0.6) is 0 Å². The fourth-order valence-corrected chi connectivity index (χ4v) is 3.13. The van der Waals surface area contributed by atoms with E-state index in [4.69, 9.17) is 0 Å². The Morgan fingerprint density at radius 3 is 2.61 bits per heavy atom. The molecule has 1 fully saturated rings. The van der Waals surface area contributed by atoms with E-state index in [1.54, 1.807) is 11.3 Å². The van der Waals surface area contributed by atoms with Crippen LogP contribution < -0.4 is 0 Å². The molecule has 0 atom stereocenters. The van der Waals surface area contributed by atoms with Crippen molar-refractivity contribution < 1.29 is 4.79 Å². The first-order valence-corrected chi connectivity index (χ1v) is 7.57. The van der Waals surface area contributed by atoms with E-state index in [0.717, 1.165) is 43.1 Å². The maximum Gasteiger partial charge on any atom is 0.222 e. The number of hydrogen-bond donors (Lipinski definition) is 0. The lowest BCUT2D eigenvalue weighted by Gasteiger charge is -2.15. The number of rotatable bonds is 3. The highest BCUT2D eigenvalue weighted by atomic mass is 32.1. The van der Waals surface area contributed by atoms with Gasteiger partial charge in [0.15, 0.2) is 0 Å². The Bertz CT molecular complexity index is 414. The molecule has 2 heterocycles. The van der Waals surface area contributed by atoms with Crippen molar-refractivity contribution in [3.8, 4) is 0 Å². The number of thiazole rings is 1. The normalized spacial score (nSPS) is 16.3. The SMILES string of the molecule is CC(C)(C)c1csc(CCC(=O)N2CCCC2)n1. The summed E-state index contributed by atoms with van der Waals surface area (Å²) in [7, 11) is 0. The van der Waals surface area contributed by atoms with Crippen LogP contribution in [0.2, 0.25) is 0 Å². The molecule has 0 N–H and O–H groups in total. The average Bonchev–Trinajstić information content (AvgIpc) is 2.96. The Morgan fingerprint density at radius 2 is 2.06 bits per heavy atom. The van der Waals surface area contributed by atoms with Crippen molar-refractivity contribution in [2.24, 2.45) is 0 Å². The second-order valence-electron chi connectivity index (χ2n) is 5.96. The van der Waals surface area contributed by atoms with Gasteiger partial charge in [-0.05, 0) is 12.8 Å². The van der Waals surface area contributed by atoms with Gasteiger partial charge in [0.2, 0.25) is 5.91 Å². The molecular weight excluding hydrogens is 244 g/mol. The molecule has 0 saturated carbocycles. The summed E-state index contributed by atoms with van der Waals surface area (Å²) in [5.41, 5.74) is 1.24. The fourth-order valence-electron chi connectivity index (χ4n) is 2.11. The van der Waals surface area contributed by atoms with Crippen LogP contribution in [-0.2, 0) is 16.6 Å². The molecule has 18 heavy (non-hydrogen) atoms. The molecule has 1 aliphatic heterocycles. The van der Waals surface area contributed by atoms with Crippen molar-refractivity contribution >= 4 is 17.2 Å². The quantitative estimate of drug-likeness (QED) is 0.842. The number of aryl methyl sites for hydroxylation is 1. The Morgan fingerprint density at radius 1 is 1.39 bits per heavy atom. The molecule has 2 rings (SSSR count). The molecule has 0 aromatic carbocycles. The Kier molecular flexibility index (Phi) is 4.05. The smallest absolute Gasteiger partial charge is 0.222 e. The van der Waals surface area contributed by atoms with Crippen LogP contribution in [0, 0.1) is 0 Å². The summed E-state index contributed by atoms with van der Waals surface area (Å²) in [6.45, 7) is 8.40. The Labute approximate surface area is 113 Å². The van der Waals surface area contributed by atoms with E-state index in [-0.39, 0.29) is 5.41 Å². The van der Waals surface area contributed by atoms with Gasteiger partial charge in [-0.3, -0.25) is 4.79 Å². The molecule has 1 aliphatic rings. The lowest BCUT2D eigenvalue weighted by atomic mass is 9.93. The Balaban J connectivity index is 1.86. The van der Waals surface area contributed by atoms with Gasteiger partial charge >= 0.3 is 0 Å².